The molecule has 3 aliphatic rings. The summed E-state index contributed by atoms with van der Waals surface area (Å²) >= 11 is 0. The standard InChI is InChI=1S/C27H31FN6O2/c28-21-2-3-22-20(4-7-29-22)24(21)26-30-23-16-19(17-32-10-5-18(6-11-32)33-8-1-9-33)36-25(23)27(31-26)34-12-14-35-15-13-34/h2-4,7,16,18,29H,1,5-6,8-15,17H2. The first-order valence-corrected chi connectivity index (χ1v) is 13.1. The number of fused-ring (bicyclic) bond motifs is 2. The largest absolute Gasteiger partial charge is 0.454 e. The second-order valence-electron chi connectivity index (χ2n) is 10.2. The van der Waals surface area contributed by atoms with Crippen molar-refractivity contribution in [2.75, 3.05) is 57.4 Å². The summed E-state index contributed by atoms with van der Waals surface area (Å²) in [4.78, 5) is 20.1. The Hall–Kier alpha value is -3.01. The number of hydrogen-bond donors (Lipinski definition) is 1. The molecule has 0 radical (unpaired) electrons. The molecule has 0 saturated carbocycles. The van der Waals surface area contributed by atoms with Crippen LogP contribution in [0.2, 0.25) is 0 Å². The lowest BCUT2D eigenvalue weighted by molar-refractivity contribution is 0.0593. The number of anilines is 1. The number of furan rings is 1. The Morgan fingerprint density at radius 3 is 2.61 bits per heavy atom. The number of rotatable bonds is 5. The lowest BCUT2D eigenvalue weighted by Crippen LogP contribution is -2.50. The minimum atomic E-state index is -0.330. The van der Waals surface area contributed by atoms with Crippen LogP contribution in [0.5, 0.6) is 0 Å². The summed E-state index contributed by atoms with van der Waals surface area (Å²) in [5, 5.41) is 0.774. The maximum atomic E-state index is 15.1. The van der Waals surface area contributed by atoms with E-state index in [0.29, 0.717) is 49.1 Å². The van der Waals surface area contributed by atoms with Crippen molar-refractivity contribution in [2.45, 2.75) is 31.8 Å². The normalized spacial score (nSPS) is 20.4. The zero-order chi connectivity index (χ0) is 24.1. The fourth-order valence-corrected chi connectivity index (χ4v) is 5.85. The number of halogens is 1. The van der Waals surface area contributed by atoms with E-state index in [1.165, 1.54) is 38.4 Å². The van der Waals surface area contributed by atoms with E-state index in [2.05, 4.69) is 19.7 Å². The van der Waals surface area contributed by atoms with Gasteiger partial charge in [0.05, 0.1) is 25.3 Å². The van der Waals surface area contributed by atoms with Crippen LogP contribution in [0.25, 0.3) is 33.4 Å². The molecule has 0 amide bonds. The van der Waals surface area contributed by atoms with Gasteiger partial charge in [0.25, 0.3) is 0 Å². The summed E-state index contributed by atoms with van der Waals surface area (Å²) in [5.74, 6) is 1.65. The highest BCUT2D eigenvalue weighted by Gasteiger charge is 2.29. The quantitative estimate of drug-likeness (QED) is 0.453. The van der Waals surface area contributed by atoms with Crippen LogP contribution in [0.4, 0.5) is 10.2 Å². The van der Waals surface area contributed by atoms with Gasteiger partial charge in [-0.1, -0.05) is 0 Å². The molecular formula is C27H31FN6O2. The Morgan fingerprint density at radius 1 is 1.00 bits per heavy atom. The average Bonchev–Trinajstić information content (AvgIpc) is 3.50. The highest BCUT2D eigenvalue weighted by atomic mass is 19.1. The summed E-state index contributed by atoms with van der Waals surface area (Å²) in [6.45, 7) is 8.10. The third-order valence-electron chi connectivity index (χ3n) is 7.97. The zero-order valence-electron chi connectivity index (χ0n) is 20.4. The van der Waals surface area contributed by atoms with E-state index in [9.17, 15) is 0 Å². The van der Waals surface area contributed by atoms with Crippen molar-refractivity contribution in [3.63, 3.8) is 0 Å². The SMILES string of the molecule is Fc1ccc2[nH]ccc2c1-c1nc(N2CCOCC2)c2oc(CN3CCC(N4CCC4)CC3)cc2n1. The van der Waals surface area contributed by atoms with Crippen LogP contribution in [0.3, 0.4) is 0 Å². The van der Waals surface area contributed by atoms with Crippen LogP contribution in [0.1, 0.15) is 25.0 Å². The van der Waals surface area contributed by atoms with Gasteiger partial charge >= 0.3 is 0 Å². The number of likely N-dealkylation sites (tertiary alicyclic amines) is 2. The Labute approximate surface area is 209 Å². The molecule has 0 unspecified atom stereocenters. The van der Waals surface area contributed by atoms with Crippen LogP contribution in [0, 0.1) is 5.82 Å². The molecule has 3 fully saturated rings. The third kappa shape index (κ3) is 3.95. The van der Waals surface area contributed by atoms with Gasteiger partial charge in [0, 0.05) is 55.4 Å². The summed E-state index contributed by atoms with van der Waals surface area (Å²) in [6, 6.07) is 7.84. The number of H-pyrrole nitrogens is 1. The molecule has 3 saturated heterocycles. The number of benzene rings is 1. The number of aromatic amines is 1. The topological polar surface area (TPSA) is 73.7 Å². The van der Waals surface area contributed by atoms with Gasteiger partial charge in [0.2, 0.25) is 0 Å². The van der Waals surface area contributed by atoms with Crippen LogP contribution in [0.15, 0.2) is 34.9 Å². The highest BCUT2D eigenvalue weighted by Crippen LogP contribution is 2.35. The van der Waals surface area contributed by atoms with Crippen molar-refractivity contribution in [1.82, 2.24) is 24.8 Å². The van der Waals surface area contributed by atoms with Gasteiger partial charge in [0.15, 0.2) is 17.2 Å². The highest BCUT2D eigenvalue weighted by molar-refractivity contribution is 5.96. The van der Waals surface area contributed by atoms with Crippen molar-refractivity contribution in [2.24, 2.45) is 0 Å². The maximum absolute atomic E-state index is 15.1. The lowest BCUT2D eigenvalue weighted by atomic mass is 10.00. The van der Waals surface area contributed by atoms with Gasteiger partial charge in [-0.05, 0) is 50.6 Å². The van der Waals surface area contributed by atoms with Crippen LogP contribution in [-0.4, -0.2) is 83.3 Å². The number of nitrogens with zero attached hydrogens (tertiary/aromatic N) is 5. The predicted octanol–water partition coefficient (Wildman–Crippen LogP) is 4.02. The van der Waals surface area contributed by atoms with Crippen molar-refractivity contribution < 1.29 is 13.5 Å². The van der Waals surface area contributed by atoms with E-state index >= 15 is 4.39 Å². The molecule has 36 heavy (non-hydrogen) atoms. The first-order valence-electron chi connectivity index (χ1n) is 13.1. The Bertz CT molecular complexity index is 1380. The minimum Gasteiger partial charge on any atom is -0.454 e. The van der Waals surface area contributed by atoms with E-state index in [-0.39, 0.29) is 5.82 Å². The number of morpholine rings is 1. The first kappa shape index (κ1) is 22.2. The lowest BCUT2D eigenvalue weighted by Gasteiger charge is -2.42. The summed E-state index contributed by atoms with van der Waals surface area (Å²) in [5.41, 5.74) is 2.67. The molecule has 0 atom stereocenters. The molecule has 188 valence electrons. The molecule has 0 aliphatic carbocycles. The molecule has 4 aromatic rings. The molecule has 0 spiro atoms. The minimum absolute atomic E-state index is 0.330. The van der Waals surface area contributed by atoms with Gasteiger partial charge in [-0.2, -0.15) is 0 Å². The molecule has 1 aromatic carbocycles. The van der Waals surface area contributed by atoms with Gasteiger partial charge in [0.1, 0.15) is 17.1 Å². The van der Waals surface area contributed by atoms with Crippen LogP contribution in [-0.2, 0) is 11.3 Å². The van der Waals surface area contributed by atoms with Gasteiger partial charge in [-0.15, -0.1) is 0 Å². The Balaban J connectivity index is 1.24. The number of nitrogens with one attached hydrogen (secondary N) is 1. The van der Waals surface area contributed by atoms with Gasteiger partial charge in [-0.3, -0.25) is 4.90 Å². The number of hydrogen-bond acceptors (Lipinski definition) is 7. The second kappa shape index (κ2) is 9.14. The molecule has 0 bridgehead atoms. The van der Waals surface area contributed by atoms with E-state index < -0.39 is 0 Å². The number of aromatic nitrogens is 3. The predicted molar refractivity (Wildman–Crippen MR) is 137 cm³/mol. The maximum Gasteiger partial charge on any atom is 0.195 e. The molecule has 9 heteroatoms. The van der Waals surface area contributed by atoms with E-state index in [4.69, 9.17) is 19.1 Å². The fraction of sp³-hybridized carbons (Fsp3) is 0.481. The average molecular weight is 491 g/mol. The van der Waals surface area contributed by atoms with E-state index in [1.54, 1.807) is 6.07 Å². The molecule has 1 N–H and O–H groups in total. The van der Waals surface area contributed by atoms with Crippen LogP contribution < -0.4 is 4.90 Å². The van der Waals surface area contributed by atoms with Crippen molar-refractivity contribution in [3.05, 3.63) is 42.0 Å². The van der Waals surface area contributed by atoms with Crippen molar-refractivity contribution >= 4 is 27.8 Å². The summed E-state index contributed by atoms with van der Waals surface area (Å²) < 4.78 is 27.1. The molecule has 6 heterocycles. The number of piperidine rings is 1. The molecule has 8 nitrogen and oxygen atoms in total. The van der Waals surface area contributed by atoms with Crippen LogP contribution >= 0.6 is 0 Å². The Morgan fingerprint density at radius 2 is 1.83 bits per heavy atom. The van der Waals surface area contributed by atoms with Crippen molar-refractivity contribution in [1.29, 1.82) is 0 Å². The van der Waals surface area contributed by atoms with Crippen molar-refractivity contribution in [3.8, 4) is 11.4 Å². The summed E-state index contributed by atoms with van der Waals surface area (Å²) in [6.07, 6.45) is 5.58. The number of ether oxygens (including phenoxy) is 1. The second-order valence-corrected chi connectivity index (χ2v) is 10.2. The Kier molecular flexibility index (Phi) is 5.64. The van der Waals surface area contributed by atoms with Gasteiger partial charge in [-0.25, -0.2) is 14.4 Å². The smallest absolute Gasteiger partial charge is 0.195 e. The molecule has 7 rings (SSSR count). The molecule has 3 aromatic heterocycles. The fourth-order valence-electron chi connectivity index (χ4n) is 5.85. The summed E-state index contributed by atoms with van der Waals surface area (Å²) in [7, 11) is 0. The van der Waals surface area contributed by atoms with E-state index in [0.717, 1.165) is 47.9 Å². The molecule has 3 aliphatic heterocycles. The van der Waals surface area contributed by atoms with Gasteiger partial charge < -0.3 is 23.9 Å². The molecular weight excluding hydrogens is 459 g/mol. The zero-order valence-corrected chi connectivity index (χ0v) is 20.4. The van der Waals surface area contributed by atoms with E-state index in [1.807, 2.05) is 18.3 Å². The monoisotopic (exact) mass is 490 g/mol. The third-order valence-corrected chi connectivity index (χ3v) is 7.97. The first-order chi connectivity index (χ1) is 17.7.